The van der Waals surface area contributed by atoms with Gasteiger partial charge in [-0.25, -0.2) is 0 Å². The lowest BCUT2D eigenvalue weighted by molar-refractivity contribution is -0.124. The van der Waals surface area contributed by atoms with E-state index in [2.05, 4.69) is 5.32 Å². The molecule has 1 aromatic carbocycles. The number of aliphatic hydroxyl groups excluding tert-OH is 1. The number of hydrogen-bond acceptors (Lipinski definition) is 3. The number of benzene rings is 1. The molecule has 1 aliphatic heterocycles. The summed E-state index contributed by atoms with van der Waals surface area (Å²) in [6.45, 7) is 4.33. The highest BCUT2D eigenvalue weighted by Gasteiger charge is 2.25. The summed E-state index contributed by atoms with van der Waals surface area (Å²) >= 11 is 0. The minimum absolute atomic E-state index is 0.0175. The molecule has 0 saturated heterocycles. The summed E-state index contributed by atoms with van der Waals surface area (Å²) in [5.41, 5.74) is 1.93. The van der Waals surface area contributed by atoms with Crippen LogP contribution in [0.3, 0.4) is 0 Å². The van der Waals surface area contributed by atoms with E-state index < -0.39 is 6.10 Å². The molecule has 1 aromatic rings. The summed E-state index contributed by atoms with van der Waals surface area (Å²) in [6.07, 6.45) is 1.27. The second-order valence-corrected chi connectivity index (χ2v) is 6.06. The molecule has 0 spiro atoms. The second-order valence-electron chi connectivity index (χ2n) is 6.06. The molecule has 2 rings (SSSR count). The fourth-order valence-electron chi connectivity index (χ4n) is 2.56. The third-order valence-electron chi connectivity index (χ3n) is 4.03. The normalized spacial score (nSPS) is 15.6. The molecule has 1 aliphatic rings. The highest BCUT2D eigenvalue weighted by Crippen LogP contribution is 2.26. The van der Waals surface area contributed by atoms with Crippen molar-refractivity contribution < 1.29 is 14.7 Å². The molecule has 1 atom stereocenters. The van der Waals surface area contributed by atoms with E-state index in [4.69, 9.17) is 0 Å². The monoisotopic (exact) mass is 304 g/mol. The standard InChI is InChI=1S/C17H24N2O3/c1-12(2)15(20)9-10-18-16(21)11-19-14-6-4-3-5-13(14)7-8-17(19)22/h3-6,12,15,20H,7-11H2,1-2H3,(H,18,21). The molecule has 1 unspecified atom stereocenters. The van der Waals surface area contributed by atoms with Crippen LogP contribution in [0.25, 0.3) is 0 Å². The number of nitrogens with zero attached hydrogens (tertiary/aromatic N) is 1. The SMILES string of the molecule is CC(C)C(O)CCNC(=O)CN1C(=O)CCc2ccccc21. The van der Waals surface area contributed by atoms with Crippen LogP contribution in [0.2, 0.25) is 0 Å². The first kappa shape index (κ1) is 16.5. The predicted molar refractivity (Wildman–Crippen MR) is 85.6 cm³/mol. The number of hydrogen-bond donors (Lipinski definition) is 2. The van der Waals surface area contributed by atoms with E-state index in [1.807, 2.05) is 38.1 Å². The van der Waals surface area contributed by atoms with Gasteiger partial charge in [0, 0.05) is 18.7 Å². The molecule has 0 bridgehead atoms. The number of para-hydroxylation sites is 1. The van der Waals surface area contributed by atoms with Crippen molar-refractivity contribution in [2.45, 2.75) is 39.2 Å². The molecule has 5 nitrogen and oxygen atoms in total. The van der Waals surface area contributed by atoms with Crippen LogP contribution >= 0.6 is 0 Å². The number of amides is 2. The van der Waals surface area contributed by atoms with E-state index in [1.54, 1.807) is 4.90 Å². The van der Waals surface area contributed by atoms with Crippen molar-refractivity contribution in [3.8, 4) is 0 Å². The Morgan fingerprint density at radius 2 is 2.05 bits per heavy atom. The van der Waals surface area contributed by atoms with E-state index in [0.29, 0.717) is 19.4 Å². The Balaban J connectivity index is 1.90. The largest absolute Gasteiger partial charge is 0.393 e. The summed E-state index contributed by atoms with van der Waals surface area (Å²) in [5.74, 6) is -0.0375. The van der Waals surface area contributed by atoms with Gasteiger partial charge in [0.05, 0.1) is 6.10 Å². The molecule has 2 N–H and O–H groups in total. The Morgan fingerprint density at radius 3 is 2.77 bits per heavy atom. The molecule has 1 heterocycles. The van der Waals surface area contributed by atoms with E-state index >= 15 is 0 Å². The van der Waals surface area contributed by atoms with Gasteiger partial charge in [-0.15, -0.1) is 0 Å². The van der Waals surface area contributed by atoms with Crippen LogP contribution in [0.4, 0.5) is 5.69 Å². The number of rotatable bonds is 6. The Hall–Kier alpha value is -1.88. The van der Waals surface area contributed by atoms with Crippen molar-refractivity contribution in [3.05, 3.63) is 29.8 Å². The van der Waals surface area contributed by atoms with Crippen molar-refractivity contribution in [2.24, 2.45) is 5.92 Å². The lowest BCUT2D eigenvalue weighted by Gasteiger charge is -2.28. The third kappa shape index (κ3) is 4.07. The van der Waals surface area contributed by atoms with E-state index in [9.17, 15) is 14.7 Å². The Kier molecular flexibility index (Phi) is 5.55. The van der Waals surface area contributed by atoms with Gasteiger partial charge in [0.25, 0.3) is 0 Å². The minimum Gasteiger partial charge on any atom is -0.393 e. The Morgan fingerprint density at radius 1 is 1.32 bits per heavy atom. The van der Waals surface area contributed by atoms with Crippen molar-refractivity contribution in [1.82, 2.24) is 5.32 Å². The van der Waals surface area contributed by atoms with Gasteiger partial charge in [0.1, 0.15) is 6.54 Å². The molecule has 22 heavy (non-hydrogen) atoms. The lowest BCUT2D eigenvalue weighted by Crippen LogP contribution is -2.43. The van der Waals surface area contributed by atoms with Crippen molar-refractivity contribution >= 4 is 17.5 Å². The van der Waals surface area contributed by atoms with Crippen LogP contribution in [0.5, 0.6) is 0 Å². The second kappa shape index (κ2) is 7.40. The zero-order chi connectivity index (χ0) is 16.1. The maximum atomic E-state index is 12.1. The van der Waals surface area contributed by atoms with E-state index in [-0.39, 0.29) is 24.3 Å². The third-order valence-corrected chi connectivity index (χ3v) is 4.03. The van der Waals surface area contributed by atoms with E-state index in [0.717, 1.165) is 17.7 Å². The maximum Gasteiger partial charge on any atom is 0.240 e. The van der Waals surface area contributed by atoms with Crippen molar-refractivity contribution in [1.29, 1.82) is 0 Å². The molecule has 0 aromatic heterocycles. The van der Waals surface area contributed by atoms with Gasteiger partial charge in [-0.3, -0.25) is 9.59 Å². The predicted octanol–water partition coefficient (Wildman–Crippen LogP) is 1.49. The van der Waals surface area contributed by atoms with Gasteiger partial charge >= 0.3 is 0 Å². The van der Waals surface area contributed by atoms with Gasteiger partial charge in [0.2, 0.25) is 11.8 Å². The Labute approximate surface area is 131 Å². The van der Waals surface area contributed by atoms with Crippen LogP contribution in [-0.4, -0.2) is 36.1 Å². The van der Waals surface area contributed by atoms with E-state index in [1.165, 1.54) is 0 Å². The lowest BCUT2D eigenvalue weighted by atomic mass is 10.0. The maximum absolute atomic E-state index is 12.1. The summed E-state index contributed by atoms with van der Waals surface area (Å²) in [6, 6.07) is 7.69. The number of carbonyl (C=O) groups is 2. The molecule has 0 saturated carbocycles. The molecule has 5 heteroatoms. The number of carbonyl (C=O) groups excluding carboxylic acids is 2. The zero-order valence-electron chi connectivity index (χ0n) is 13.2. The van der Waals surface area contributed by atoms with Crippen LogP contribution in [-0.2, 0) is 16.0 Å². The number of aliphatic hydroxyl groups is 1. The van der Waals surface area contributed by atoms with Crippen molar-refractivity contribution in [3.63, 3.8) is 0 Å². The topological polar surface area (TPSA) is 69.6 Å². The number of anilines is 1. The van der Waals surface area contributed by atoms with Crippen LogP contribution < -0.4 is 10.2 Å². The quantitative estimate of drug-likeness (QED) is 0.836. The first-order valence-electron chi connectivity index (χ1n) is 7.82. The summed E-state index contributed by atoms with van der Waals surface area (Å²) < 4.78 is 0. The van der Waals surface area contributed by atoms with Gasteiger partial charge in [-0.05, 0) is 30.4 Å². The summed E-state index contributed by atoms with van der Waals surface area (Å²) in [7, 11) is 0. The first-order valence-corrected chi connectivity index (χ1v) is 7.82. The smallest absolute Gasteiger partial charge is 0.240 e. The van der Waals surface area contributed by atoms with Gasteiger partial charge in [-0.2, -0.15) is 0 Å². The van der Waals surface area contributed by atoms with Crippen molar-refractivity contribution in [2.75, 3.05) is 18.0 Å². The highest BCUT2D eigenvalue weighted by atomic mass is 16.3. The molecular weight excluding hydrogens is 280 g/mol. The molecular formula is C17H24N2O3. The van der Waals surface area contributed by atoms with Gasteiger partial charge < -0.3 is 15.3 Å². The summed E-state index contributed by atoms with van der Waals surface area (Å²) in [4.78, 5) is 25.6. The number of nitrogens with one attached hydrogen (secondary N) is 1. The average molecular weight is 304 g/mol. The fourth-order valence-corrected chi connectivity index (χ4v) is 2.56. The molecule has 0 aliphatic carbocycles. The molecule has 120 valence electrons. The van der Waals surface area contributed by atoms with Crippen LogP contribution in [0.1, 0.15) is 32.3 Å². The van der Waals surface area contributed by atoms with Crippen LogP contribution in [0, 0.1) is 5.92 Å². The number of fused-ring (bicyclic) bond motifs is 1. The fraction of sp³-hybridized carbons (Fsp3) is 0.529. The summed E-state index contributed by atoms with van der Waals surface area (Å²) in [5, 5.41) is 12.5. The highest BCUT2D eigenvalue weighted by molar-refractivity contribution is 6.00. The van der Waals surface area contributed by atoms with Gasteiger partial charge in [-0.1, -0.05) is 32.0 Å². The van der Waals surface area contributed by atoms with Gasteiger partial charge in [0.15, 0.2) is 0 Å². The zero-order valence-corrected chi connectivity index (χ0v) is 13.2. The number of aryl methyl sites for hydroxylation is 1. The molecule has 0 radical (unpaired) electrons. The molecule has 2 amide bonds. The first-order chi connectivity index (χ1) is 10.5. The molecule has 0 fully saturated rings. The van der Waals surface area contributed by atoms with Crippen LogP contribution in [0.15, 0.2) is 24.3 Å². The average Bonchev–Trinajstić information content (AvgIpc) is 2.50. The minimum atomic E-state index is -0.419. The Bertz CT molecular complexity index is 542.